The third kappa shape index (κ3) is 5.78. The maximum atomic E-state index is 12.4. The van der Waals surface area contributed by atoms with Crippen molar-refractivity contribution in [2.75, 3.05) is 11.9 Å². The normalized spacial score (nSPS) is 11.5. The number of hydrogen-bond acceptors (Lipinski definition) is 3. The van der Waals surface area contributed by atoms with Gasteiger partial charge in [-0.25, -0.2) is 0 Å². The van der Waals surface area contributed by atoms with Crippen LogP contribution in [0, 0.1) is 24.2 Å². The number of amides is 1. The highest BCUT2D eigenvalue weighted by atomic mass is 16.1. The summed E-state index contributed by atoms with van der Waals surface area (Å²) >= 11 is 0. The molecule has 1 amide bonds. The van der Waals surface area contributed by atoms with E-state index in [0.717, 1.165) is 29.8 Å². The lowest BCUT2D eigenvalue weighted by molar-refractivity contribution is -0.112. The number of nitrogens with zero attached hydrogens (tertiary/aromatic N) is 1. The Morgan fingerprint density at radius 3 is 2.57 bits per heavy atom. The van der Waals surface area contributed by atoms with Crippen LogP contribution in [-0.2, 0) is 4.79 Å². The number of hydrogen-bond donors (Lipinski definition) is 2. The van der Waals surface area contributed by atoms with Gasteiger partial charge in [0.05, 0.1) is 0 Å². The molecule has 1 rings (SSSR count). The van der Waals surface area contributed by atoms with Crippen LogP contribution in [0.2, 0.25) is 0 Å². The molecule has 2 N–H and O–H groups in total. The average molecular weight is 313 g/mol. The molecular weight excluding hydrogens is 286 g/mol. The molecule has 0 unspecified atom stereocenters. The summed E-state index contributed by atoms with van der Waals surface area (Å²) in [5.74, 6) is 0.500. The van der Waals surface area contributed by atoms with E-state index in [1.165, 1.54) is 6.20 Å². The molecular formula is C19H27N3O. The molecule has 4 nitrogen and oxygen atoms in total. The predicted octanol–water partition coefficient (Wildman–Crippen LogP) is 4.10. The van der Waals surface area contributed by atoms with Crippen LogP contribution in [-0.4, -0.2) is 12.5 Å². The first kappa shape index (κ1) is 18.8. The highest BCUT2D eigenvalue weighted by Gasteiger charge is 2.14. The van der Waals surface area contributed by atoms with E-state index in [0.29, 0.717) is 11.8 Å². The minimum absolute atomic E-state index is 0.0896. The van der Waals surface area contributed by atoms with Crippen molar-refractivity contribution in [2.24, 2.45) is 5.92 Å². The van der Waals surface area contributed by atoms with Crippen molar-refractivity contribution in [3.8, 4) is 6.07 Å². The SMILES string of the molecule is Cc1cccc(C(C)C)c1NC(=O)/C(C#N)=C\NCCC(C)C. The fourth-order valence-corrected chi connectivity index (χ4v) is 2.22. The van der Waals surface area contributed by atoms with Crippen molar-refractivity contribution in [2.45, 2.75) is 47.0 Å². The smallest absolute Gasteiger partial charge is 0.267 e. The minimum atomic E-state index is -0.374. The van der Waals surface area contributed by atoms with Crippen LogP contribution in [0.5, 0.6) is 0 Å². The quantitative estimate of drug-likeness (QED) is 0.452. The summed E-state index contributed by atoms with van der Waals surface area (Å²) in [6.45, 7) is 11.1. The minimum Gasteiger partial charge on any atom is -0.390 e. The summed E-state index contributed by atoms with van der Waals surface area (Å²) in [6, 6.07) is 7.91. The molecule has 0 heterocycles. The number of anilines is 1. The van der Waals surface area contributed by atoms with E-state index in [2.05, 4.69) is 38.3 Å². The Labute approximate surface area is 139 Å². The Kier molecular flexibility index (Phi) is 7.34. The van der Waals surface area contributed by atoms with Crippen LogP contribution in [0.1, 0.15) is 51.2 Å². The van der Waals surface area contributed by atoms with Gasteiger partial charge in [-0.3, -0.25) is 4.79 Å². The summed E-state index contributed by atoms with van der Waals surface area (Å²) in [4.78, 5) is 12.4. The van der Waals surface area contributed by atoms with Gasteiger partial charge >= 0.3 is 0 Å². The molecule has 0 aliphatic heterocycles. The van der Waals surface area contributed by atoms with E-state index in [9.17, 15) is 10.1 Å². The van der Waals surface area contributed by atoms with E-state index in [4.69, 9.17) is 0 Å². The van der Waals surface area contributed by atoms with Gasteiger partial charge in [-0.15, -0.1) is 0 Å². The topological polar surface area (TPSA) is 64.9 Å². The summed E-state index contributed by atoms with van der Waals surface area (Å²) in [6.07, 6.45) is 2.50. The molecule has 0 radical (unpaired) electrons. The molecule has 0 bridgehead atoms. The average Bonchev–Trinajstić information content (AvgIpc) is 2.48. The molecule has 23 heavy (non-hydrogen) atoms. The highest BCUT2D eigenvalue weighted by Crippen LogP contribution is 2.27. The van der Waals surface area contributed by atoms with E-state index in [-0.39, 0.29) is 11.5 Å². The molecule has 1 aromatic carbocycles. The lowest BCUT2D eigenvalue weighted by atomic mass is 9.98. The molecule has 0 fully saturated rings. The number of para-hydroxylation sites is 1. The van der Waals surface area contributed by atoms with E-state index >= 15 is 0 Å². The number of nitriles is 1. The zero-order chi connectivity index (χ0) is 17.4. The Hall–Kier alpha value is -2.28. The van der Waals surface area contributed by atoms with E-state index < -0.39 is 0 Å². The van der Waals surface area contributed by atoms with Crippen LogP contribution >= 0.6 is 0 Å². The molecule has 0 saturated heterocycles. The summed E-state index contributed by atoms with van der Waals surface area (Å²) < 4.78 is 0. The molecule has 0 aliphatic rings. The number of rotatable bonds is 7. The monoisotopic (exact) mass is 313 g/mol. The van der Waals surface area contributed by atoms with Gasteiger partial charge in [0.15, 0.2) is 0 Å². The second-order valence-corrected chi connectivity index (χ2v) is 6.45. The summed E-state index contributed by atoms with van der Waals surface area (Å²) in [5.41, 5.74) is 2.96. The van der Waals surface area contributed by atoms with Crippen LogP contribution in [0.3, 0.4) is 0 Å². The van der Waals surface area contributed by atoms with Gasteiger partial charge in [0.25, 0.3) is 5.91 Å². The molecule has 124 valence electrons. The van der Waals surface area contributed by atoms with Gasteiger partial charge in [-0.2, -0.15) is 5.26 Å². The van der Waals surface area contributed by atoms with Crippen LogP contribution in [0.15, 0.2) is 30.0 Å². The van der Waals surface area contributed by atoms with Gasteiger partial charge < -0.3 is 10.6 Å². The predicted molar refractivity (Wildman–Crippen MR) is 95.1 cm³/mol. The fourth-order valence-electron chi connectivity index (χ4n) is 2.22. The number of aryl methyl sites for hydroxylation is 1. The van der Waals surface area contributed by atoms with Crippen molar-refractivity contribution < 1.29 is 4.79 Å². The zero-order valence-corrected chi connectivity index (χ0v) is 14.7. The largest absolute Gasteiger partial charge is 0.390 e. The first-order chi connectivity index (χ1) is 10.9. The van der Waals surface area contributed by atoms with Gasteiger partial charge in [-0.1, -0.05) is 45.9 Å². The maximum Gasteiger partial charge on any atom is 0.267 e. The third-order valence-electron chi connectivity index (χ3n) is 3.64. The molecule has 0 aliphatic carbocycles. The second kappa shape index (κ2) is 8.99. The fraction of sp³-hybridized carbons (Fsp3) is 0.474. The lowest BCUT2D eigenvalue weighted by Crippen LogP contribution is -2.19. The van der Waals surface area contributed by atoms with Gasteiger partial charge in [0.2, 0.25) is 0 Å². The summed E-state index contributed by atoms with van der Waals surface area (Å²) in [5, 5.41) is 15.1. The molecule has 0 saturated carbocycles. The molecule has 0 aromatic heterocycles. The van der Waals surface area contributed by atoms with Crippen molar-refractivity contribution in [1.29, 1.82) is 5.26 Å². The molecule has 0 spiro atoms. The molecule has 4 heteroatoms. The Bertz CT molecular complexity index is 610. The standard InChI is InChI=1S/C19H27N3O/c1-13(2)9-10-21-12-16(11-20)19(23)22-18-15(5)7-6-8-17(18)14(3)4/h6-8,12-14,21H,9-10H2,1-5H3,(H,22,23)/b16-12-. The molecule has 0 atom stereocenters. The van der Waals surface area contributed by atoms with Crippen LogP contribution in [0.25, 0.3) is 0 Å². The number of carbonyl (C=O) groups excluding carboxylic acids is 1. The van der Waals surface area contributed by atoms with Gasteiger partial charge in [0, 0.05) is 18.4 Å². The number of nitrogens with one attached hydrogen (secondary N) is 2. The second-order valence-electron chi connectivity index (χ2n) is 6.45. The van der Waals surface area contributed by atoms with Gasteiger partial charge in [0.1, 0.15) is 11.6 Å². The van der Waals surface area contributed by atoms with Crippen LogP contribution < -0.4 is 10.6 Å². The first-order valence-electron chi connectivity index (χ1n) is 8.11. The van der Waals surface area contributed by atoms with Crippen molar-refractivity contribution in [1.82, 2.24) is 5.32 Å². The van der Waals surface area contributed by atoms with E-state index in [1.54, 1.807) is 0 Å². The Balaban J connectivity index is 2.86. The van der Waals surface area contributed by atoms with Gasteiger partial charge in [-0.05, 0) is 36.3 Å². The summed E-state index contributed by atoms with van der Waals surface area (Å²) in [7, 11) is 0. The third-order valence-corrected chi connectivity index (χ3v) is 3.64. The highest BCUT2D eigenvalue weighted by molar-refractivity contribution is 6.07. The molecule has 1 aromatic rings. The lowest BCUT2D eigenvalue weighted by Gasteiger charge is -2.16. The van der Waals surface area contributed by atoms with Crippen molar-refractivity contribution >= 4 is 11.6 Å². The van der Waals surface area contributed by atoms with Crippen LogP contribution in [0.4, 0.5) is 5.69 Å². The van der Waals surface area contributed by atoms with Crippen molar-refractivity contribution in [3.63, 3.8) is 0 Å². The van der Waals surface area contributed by atoms with Crippen molar-refractivity contribution in [3.05, 3.63) is 41.1 Å². The van der Waals surface area contributed by atoms with E-state index in [1.807, 2.05) is 31.2 Å². The maximum absolute atomic E-state index is 12.4. The zero-order valence-electron chi connectivity index (χ0n) is 14.7. The Morgan fingerprint density at radius 1 is 1.30 bits per heavy atom. The number of benzene rings is 1. The Morgan fingerprint density at radius 2 is 2.00 bits per heavy atom. The first-order valence-corrected chi connectivity index (χ1v) is 8.11. The number of carbonyl (C=O) groups is 1.